The van der Waals surface area contributed by atoms with Gasteiger partial charge in [-0.15, -0.1) is 0 Å². The first-order chi connectivity index (χ1) is 24.8. The topological polar surface area (TPSA) is 47.9 Å². The van der Waals surface area contributed by atoms with Crippen LogP contribution in [0, 0.1) is 0 Å². The van der Waals surface area contributed by atoms with Gasteiger partial charge in [0.15, 0.2) is 17.5 Å². The van der Waals surface area contributed by atoms with E-state index in [0.717, 1.165) is 50.4 Å². The first-order valence-electron chi connectivity index (χ1n) is 16.9. The van der Waals surface area contributed by atoms with Crippen LogP contribution in [-0.4, -0.2) is 15.0 Å². The van der Waals surface area contributed by atoms with Gasteiger partial charge in [0.25, 0.3) is 0 Å². The van der Waals surface area contributed by atoms with Crippen LogP contribution in [0.25, 0.3) is 56.4 Å². The Balaban J connectivity index is 1.18. The van der Waals surface area contributed by atoms with Crippen LogP contribution < -0.4 is 4.74 Å². The maximum absolute atomic E-state index is 6.81. The van der Waals surface area contributed by atoms with Crippen LogP contribution in [0.1, 0.15) is 22.3 Å². The van der Waals surface area contributed by atoms with Gasteiger partial charge in [0.2, 0.25) is 0 Å². The van der Waals surface area contributed by atoms with E-state index in [9.17, 15) is 0 Å². The zero-order valence-corrected chi connectivity index (χ0v) is 27.0. The normalized spacial score (nSPS) is 13.1. The molecule has 1 aliphatic carbocycles. The maximum atomic E-state index is 6.81. The Bertz CT molecular complexity index is 2480. The molecule has 0 fully saturated rings. The molecule has 0 atom stereocenters. The highest BCUT2D eigenvalue weighted by Crippen LogP contribution is 2.62. The van der Waals surface area contributed by atoms with E-state index in [0.29, 0.717) is 17.5 Å². The highest BCUT2D eigenvalue weighted by atomic mass is 16.5. The molecule has 4 nitrogen and oxygen atoms in total. The van der Waals surface area contributed by atoms with E-state index in [4.69, 9.17) is 19.7 Å². The van der Waals surface area contributed by atoms with Gasteiger partial charge < -0.3 is 4.74 Å². The Labute approximate surface area is 290 Å². The highest BCUT2D eigenvalue weighted by Gasteiger charge is 2.50. The first-order valence-corrected chi connectivity index (χ1v) is 16.9. The van der Waals surface area contributed by atoms with E-state index < -0.39 is 5.41 Å². The van der Waals surface area contributed by atoms with Crippen LogP contribution in [0.3, 0.4) is 0 Å². The number of ether oxygens (including phenoxy) is 1. The molecule has 0 radical (unpaired) electrons. The van der Waals surface area contributed by atoms with Crippen molar-refractivity contribution in [3.05, 3.63) is 198 Å². The van der Waals surface area contributed by atoms with E-state index in [1.807, 2.05) is 66.7 Å². The Hall–Kier alpha value is -6.65. The van der Waals surface area contributed by atoms with Gasteiger partial charge in [-0.2, -0.15) is 0 Å². The molecule has 10 rings (SSSR count). The van der Waals surface area contributed by atoms with Crippen molar-refractivity contribution in [2.45, 2.75) is 5.41 Å². The van der Waals surface area contributed by atoms with Crippen molar-refractivity contribution in [1.82, 2.24) is 15.0 Å². The predicted molar refractivity (Wildman–Crippen MR) is 199 cm³/mol. The van der Waals surface area contributed by atoms with Crippen LogP contribution in [-0.2, 0) is 5.41 Å². The summed E-state index contributed by atoms with van der Waals surface area (Å²) < 4.78 is 6.81. The van der Waals surface area contributed by atoms with E-state index >= 15 is 0 Å². The van der Waals surface area contributed by atoms with Crippen LogP contribution in [0.5, 0.6) is 11.5 Å². The van der Waals surface area contributed by atoms with Gasteiger partial charge >= 0.3 is 0 Å². The fraction of sp³-hybridized carbons (Fsp3) is 0.0217. The second kappa shape index (κ2) is 11.2. The zero-order valence-electron chi connectivity index (χ0n) is 27.0. The molecular formula is C46H29N3O. The summed E-state index contributed by atoms with van der Waals surface area (Å²) in [5.41, 5.74) is 11.7. The molecular weight excluding hydrogens is 611 g/mol. The van der Waals surface area contributed by atoms with E-state index in [2.05, 4.69) is 109 Å². The van der Waals surface area contributed by atoms with Crippen LogP contribution >= 0.6 is 0 Å². The molecule has 0 amide bonds. The molecule has 0 unspecified atom stereocenters. The molecule has 0 saturated heterocycles. The van der Waals surface area contributed by atoms with Gasteiger partial charge in [-0.1, -0.05) is 164 Å². The minimum atomic E-state index is -0.501. The molecule has 7 aromatic carbocycles. The SMILES string of the molecule is c1ccc(-c2nc(-c3ccccc3)nc(-c3ccccc3-c3ccc4c(c3)Oc3ccccc3C43c4ccccc4-c4ccccc43)n2)cc1. The lowest BCUT2D eigenvalue weighted by Crippen LogP contribution is -2.32. The molecule has 234 valence electrons. The summed E-state index contributed by atoms with van der Waals surface area (Å²) in [5, 5.41) is 0. The molecule has 0 N–H and O–H groups in total. The summed E-state index contributed by atoms with van der Waals surface area (Å²) in [5.74, 6) is 3.60. The van der Waals surface area contributed by atoms with Crippen LogP contribution in [0.2, 0.25) is 0 Å². The van der Waals surface area contributed by atoms with Gasteiger partial charge in [0.05, 0.1) is 5.41 Å². The largest absolute Gasteiger partial charge is 0.457 e. The summed E-state index contributed by atoms with van der Waals surface area (Å²) in [6.07, 6.45) is 0. The molecule has 4 heteroatoms. The van der Waals surface area contributed by atoms with E-state index in [1.54, 1.807) is 0 Å². The number of nitrogens with zero attached hydrogens (tertiary/aromatic N) is 3. The zero-order chi connectivity index (χ0) is 33.1. The molecule has 50 heavy (non-hydrogen) atoms. The van der Waals surface area contributed by atoms with Gasteiger partial charge in [-0.3, -0.25) is 0 Å². The smallest absolute Gasteiger partial charge is 0.164 e. The highest BCUT2D eigenvalue weighted by molar-refractivity contribution is 5.90. The number of rotatable bonds is 4. The summed E-state index contributed by atoms with van der Waals surface area (Å²) in [6.45, 7) is 0. The van der Waals surface area contributed by atoms with Gasteiger partial charge in [-0.25, -0.2) is 15.0 Å². The Morgan fingerprint density at radius 1 is 0.320 bits per heavy atom. The number of hydrogen-bond donors (Lipinski definition) is 0. The number of fused-ring (bicyclic) bond motifs is 9. The van der Waals surface area contributed by atoms with Gasteiger partial charge in [-0.05, 0) is 45.5 Å². The number of benzene rings is 7. The molecule has 0 saturated carbocycles. The number of hydrogen-bond acceptors (Lipinski definition) is 4. The van der Waals surface area contributed by atoms with Crippen LogP contribution in [0.4, 0.5) is 0 Å². The minimum Gasteiger partial charge on any atom is -0.457 e. The lowest BCUT2D eigenvalue weighted by Gasteiger charge is -2.39. The molecule has 8 aromatic rings. The first kappa shape index (κ1) is 28.4. The summed E-state index contributed by atoms with van der Waals surface area (Å²) in [4.78, 5) is 15.0. The van der Waals surface area contributed by atoms with Crippen molar-refractivity contribution < 1.29 is 4.74 Å². The van der Waals surface area contributed by atoms with Crippen molar-refractivity contribution in [1.29, 1.82) is 0 Å². The van der Waals surface area contributed by atoms with Gasteiger partial charge in [0.1, 0.15) is 11.5 Å². The third-order valence-electron chi connectivity index (χ3n) is 10.0. The lowest BCUT2D eigenvalue weighted by atomic mass is 9.66. The number of para-hydroxylation sites is 1. The molecule has 1 aliphatic heterocycles. The summed E-state index contributed by atoms with van der Waals surface area (Å²) >= 11 is 0. The van der Waals surface area contributed by atoms with Crippen molar-refractivity contribution in [2.75, 3.05) is 0 Å². The van der Waals surface area contributed by atoms with Gasteiger partial charge in [0, 0.05) is 27.8 Å². The van der Waals surface area contributed by atoms with Crippen LogP contribution in [0.15, 0.2) is 176 Å². The molecule has 2 heterocycles. The Morgan fingerprint density at radius 2 is 0.780 bits per heavy atom. The second-order valence-electron chi connectivity index (χ2n) is 12.7. The van der Waals surface area contributed by atoms with Crippen molar-refractivity contribution >= 4 is 0 Å². The fourth-order valence-corrected chi connectivity index (χ4v) is 7.89. The standard InChI is InChI=1S/C46H29N3O/c1-3-15-30(16-4-1)43-47-44(31-17-5-2-6-18-31)49-45(48-43)36-22-8-7-19-33(36)32-27-28-40-42(29-32)50-41-26-14-13-25-39(41)46(40)37-23-11-9-20-34(37)35-21-10-12-24-38(35)46/h1-29H. The summed E-state index contributed by atoms with van der Waals surface area (Å²) in [6, 6.07) is 61.3. The predicted octanol–water partition coefficient (Wildman–Crippen LogP) is 11.0. The second-order valence-corrected chi connectivity index (χ2v) is 12.7. The number of aromatic nitrogens is 3. The average Bonchev–Trinajstić information content (AvgIpc) is 3.49. The molecule has 2 aliphatic rings. The Morgan fingerprint density at radius 3 is 1.40 bits per heavy atom. The third kappa shape index (κ3) is 4.22. The van der Waals surface area contributed by atoms with E-state index in [-0.39, 0.29) is 0 Å². The van der Waals surface area contributed by atoms with Crippen molar-refractivity contribution in [2.24, 2.45) is 0 Å². The molecule has 1 aromatic heterocycles. The van der Waals surface area contributed by atoms with Crippen molar-refractivity contribution in [3.63, 3.8) is 0 Å². The fourth-order valence-electron chi connectivity index (χ4n) is 7.89. The van der Waals surface area contributed by atoms with E-state index in [1.165, 1.54) is 22.3 Å². The van der Waals surface area contributed by atoms with Crippen molar-refractivity contribution in [3.8, 4) is 67.9 Å². The maximum Gasteiger partial charge on any atom is 0.164 e. The summed E-state index contributed by atoms with van der Waals surface area (Å²) in [7, 11) is 0. The minimum absolute atomic E-state index is 0.501. The molecule has 0 bridgehead atoms. The monoisotopic (exact) mass is 639 g/mol. The third-order valence-corrected chi connectivity index (χ3v) is 10.0. The molecule has 1 spiro atoms. The average molecular weight is 640 g/mol. The lowest BCUT2D eigenvalue weighted by molar-refractivity contribution is 0.436. The quantitative estimate of drug-likeness (QED) is 0.192. The Kier molecular flexibility index (Phi) is 6.36.